The third kappa shape index (κ3) is 5.42. The number of carbonyl (C=O) groups excluding carboxylic acids is 2. The van der Waals surface area contributed by atoms with E-state index in [9.17, 15) is 9.59 Å². The number of methoxy groups -OCH3 is 1. The topological polar surface area (TPSA) is 96.1 Å². The highest BCUT2D eigenvalue weighted by Gasteiger charge is 2.25. The maximum Gasteiger partial charge on any atom is 0.252 e. The van der Waals surface area contributed by atoms with Gasteiger partial charge in [0.1, 0.15) is 17.6 Å². The van der Waals surface area contributed by atoms with E-state index in [-0.39, 0.29) is 23.8 Å². The van der Waals surface area contributed by atoms with Crippen LogP contribution in [0.2, 0.25) is 0 Å². The summed E-state index contributed by atoms with van der Waals surface area (Å²) in [7, 11) is 1.61. The molecule has 0 aliphatic carbocycles. The number of nitrogens with zero attached hydrogens (tertiary/aromatic N) is 1. The molecule has 7 heteroatoms. The molecule has 0 aliphatic rings. The molecule has 0 aliphatic heterocycles. The van der Waals surface area contributed by atoms with Gasteiger partial charge in [-0.2, -0.15) is 0 Å². The van der Waals surface area contributed by atoms with Gasteiger partial charge in [-0.25, -0.2) is 4.98 Å². The molecule has 0 saturated heterocycles. The zero-order valence-corrected chi connectivity index (χ0v) is 18.7. The molecule has 3 rings (SSSR count). The first-order chi connectivity index (χ1) is 14.8. The predicted octanol–water partition coefficient (Wildman–Crippen LogP) is 3.90. The molecule has 0 unspecified atom stereocenters. The van der Waals surface area contributed by atoms with Gasteiger partial charge in [-0.05, 0) is 49.9 Å². The number of fused-ring (bicyclic) bond motifs is 1. The summed E-state index contributed by atoms with van der Waals surface area (Å²) in [5.41, 5.74) is 3.07. The Morgan fingerprint density at radius 1 is 1.10 bits per heavy atom. The van der Waals surface area contributed by atoms with Crippen LogP contribution in [-0.2, 0) is 4.79 Å². The van der Waals surface area contributed by atoms with Crippen LogP contribution in [0.5, 0.6) is 5.75 Å². The van der Waals surface area contributed by atoms with Gasteiger partial charge >= 0.3 is 0 Å². The quantitative estimate of drug-likeness (QED) is 0.513. The lowest BCUT2D eigenvalue weighted by Gasteiger charge is -2.22. The normalized spacial score (nSPS) is 13.1. The number of rotatable bonds is 8. The molecule has 2 amide bonds. The average Bonchev–Trinajstić information content (AvgIpc) is 3.16. The number of hydrogen-bond donors (Lipinski definition) is 3. The van der Waals surface area contributed by atoms with E-state index >= 15 is 0 Å². The summed E-state index contributed by atoms with van der Waals surface area (Å²) in [4.78, 5) is 33.6. The average molecular weight is 423 g/mol. The van der Waals surface area contributed by atoms with Crippen LogP contribution in [0.3, 0.4) is 0 Å². The fourth-order valence-corrected chi connectivity index (χ4v) is 3.49. The van der Waals surface area contributed by atoms with Crippen molar-refractivity contribution in [3.05, 3.63) is 59.4 Å². The lowest BCUT2D eigenvalue weighted by Crippen LogP contribution is -2.48. The molecule has 2 aromatic carbocycles. The Kier molecular flexibility index (Phi) is 6.95. The highest BCUT2D eigenvalue weighted by atomic mass is 16.5. The fraction of sp³-hybridized carbons (Fsp3) is 0.375. The van der Waals surface area contributed by atoms with Crippen LogP contribution < -0.4 is 15.4 Å². The van der Waals surface area contributed by atoms with Crippen LogP contribution in [-0.4, -0.2) is 34.9 Å². The number of ether oxygens (including phenoxy) is 1. The van der Waals surface area contributed by atoms with E-state index in [4.69, 9.17) is 4.74 Å². The zero-order chi connectivity index (χ0) is 22.5. The van der Waals surface area contributed by atoms with Crippen molar-refractivity contribution >= 4 is 22.8 Å². The number of nitrogens with one attached hydrogen (secondary N) is 3. The van der Waals surface area contributed by atoms with Gasteiger partial charge in [0.2, 0.25) is 5.91 Å². The Balaban J connectivity index is 1.74. The molecule has 164 valence electrons. The minimum atomic E-state index is -0.640. The summed E-state index contributed by atoms with van der Waals surface area (Å²) in [6, 6.07) is 11.9. The van der Waals surface area contributed by atoms with Gasteiger partial charge in [0.05, 0.1) is 24.2 Å². The van der Waals surface area contributed by atoms with Crippen molar-refractivity contribution < 1.29 is 14.3 Å². The number of aromatic amines is 1. The number of imidazole rings is 1. The third-order valence-corrected chi connectivity index (χ3v) is 5.19. The molecular formula is C24H30N4O3. The number of hydrogen-bond acceptors (Lipinski definition) is 4. The molecular weight excluding hydrogens is 392 g/mol. The van der Waals surface area contributed by atoms with Crippen molar-refractivity contribution in [3.63, 3.8) is 0 Å². The SMILES string of the molecule is COc1ccc2nc([C@H](C)NC(=O)[C@@H](CC(C)C)NC(=O)c3ccccc3C)[nH]c2c1. The largest absolute Gasteiger partial charge is 0.497 e. The Morgan fingerprint density at radius 2 is 1.84 bits per heavy atom. The first-order valence-corrected chi connectivity index (χ1v) is 10.5. The number of aromatic nitrogens is 2. The van der Waals surface area contributed by atoms with Crippen LogP contribution in [0.15, 0.2) is 42.5 Å². The Hall–Kier alpha value is -3.35. The van der Waals surface area contributed by atoms with Crippen molar-refractivity contribution in [2.75, 3.05) is 7.11 Å². The summed E-state index contributed by atoms with van der Waals surface area (Å²) >= 11 is 0. The van der Waals surface area contributed by atoms with Crippen LogP contribution in [0.4, 0.5) is 0 Å². The predicted molar refractivity (Wildman–Crippen MR) is 121 cm³/mol. The highest BCUT2D eigenvalue weighted by Crippen LogP contribution is 2.21. The van der Waals surface area contributed by atoms with Crippen molar-refractivity contribution in [3.8, 4) is 5.75 Å². The minimum absolute atomic E-state index is 0.235. The molecule has 3 N–H and O–H groups in total. The Bertz CT molecular complexity index is 1070. The molecule has 7 nitrogen and oxygen atoms in total. The maximum atomic E-state index is 13.0. The molecule has 1 heterocycles. The van der Waals surface area contributed by atoms with Crippen molar-refractivity contribution in [2.45, 2.75) is 46.2 Å². The molecule has 1 aromatic heterocycles. The summed E-state index contributed by atoms with van der Waals surface area (Å²) in [6.45, 7) is 7.79. The summed E-state index contributed by atoms with van der Waals surface area (Å²) in [6.07, 6.45) is 0.535. The number of carbonyl (C=O) groups is 2. The van der Waals surface area contributed by atoms with E-state index in [0.717, 1.165) is 22.3 Å². The minimum Gasteiger partial charge on any atom is -0.497 e. The van der Waals surface area contributed by atoms with E-state index in [0.29, 0.717) is 17.8 Å². The monoisotopic (exact) mass is 422 g/mol. The number of amides is 2. The van der Waals surface area contributed by atoms with Crippen molar-refractivity contribution in [2.24, 2.45) is 5.92 Å². The standard InChI is InChI=1S/C24H30N4O3/c1-14(2)12-21(28-23(29)18-9-7-6-8-15(18)3)24(30)25-16(4)22-26-19-11-10-17(31-5)13-20(19)27-22/h6-11,13-14,16,21H,12H2,1-5H3,(H,25,30)(H,26,27)(H,28,29)/t16-,21+/m0/s1. The van der Waals surface area contributed by atoms with E-state index in [1.165, 1.54) is 0 Å². The van der Waals surface area contributed by atoms with Gasteiger partial charge in [0.25, 0.3) is 5.91 Å². The molecule has 0 fully saturated rings. The van der Waals surface area contributed by atoms with Crippen molar-refractivity contribution in [1.82, 2.24) is 20.6 Å². The number of H-pyrrole nitrogens is 1. The Morgan fingerprint density at radius 3 is 2.52 bits per heavy atom. The van der Waals surface area contributed by atoms with Gasteiger partial charge in [-0.3, -0.25) is 9.59 Å². The van der Waals surface area contributed by atoms with Crippen LogP contribution in [0.25, 0.3) is 11.0 Å². The van der Waals surface area contributed by atoms with Gasteiger partial charge in [0, 0.05) is 11.6 Å². The van der Waals surface area contributed by atoms with Crippen LogP contribution in [0.1, 0.15) is 55.0 Å². The molecule has 0 spiro atoms. The van der Waals surface area contributed by atoms with Crippen LogP contribution >= 0.6 is 0 Å². The van der Waals surface area contributed by atoms with Gasteiger partial charge in [0.15, 0.2) is 0 Å². The second-order valence-electron chi connectivity index (χ2n) is 8.21. The molecule has 0 bridgehead atoms. The number of aryl methyl sites for hydroxylation is 1. The van der Waals surface area contributed by atoms with Gasteiger partial charge < -0.3 is 20.4 Å². The van der Waals surface area contributed by atoms with E-state index in [1.807, 2.05) is 64.1 Å². The van der Waals surface area contributed by atoms with E-state index in [2.05, 4.69) is 20.6 Å². The molecule has 3 aromatic rings. The first kappa shape index (κ1) is 22.3. The smallest absolute Gasteiger partial charge is 0.252 e. The summed E-state index contributed by atoms with van der Waals surface area (Å²) < 4.78 is 5.25. The number of benzene rings is 2. The molecule has 31 heavy (non-hydrogen) atoms. The second-order valence-corrected chi connectivity index (χ2v) is 8.21. The van der Waals surface area contributed by atoms with Gasteiger partial charge in [-0.15, -0.1) is 0 Å². The van der Waals surface area contributed by atoms with Crippen LogP contribution in [0, 0.1) is 12.8 Å². The fourth-order valence-electron chi connectivity index (χ4n) is 3.49. The van der Waals surface area contributed by atoms with E-state index < -0.39 is 6.04 Å². The maximum absolute atomic E-state index is 13.0. The first-order valence-electron chi connectivity index (χ1n) is 10.5. The summed E-state index contributed by atoms with van der Waals surface area (Å²) in [5, 5.41) is 5.89. The molecule has 0 radical (unpaired) electrons. The molecule has 2 atom stereocenters. The Labute approximate surface area is 182 Å². The molecule has 0 saturated carbocycles. The lowest BCUT2D eigenvalue weighted by atomic mass is 10.0. The van der Waals surface area contributed by atoms with Crippen molar-refractivity contribution in [1.29, 1.82) is 0 Å². The summed E-state index contributed by atoms with van der Waals surface area (Å²) in [5.74, 6) is 1.13. The third-order valence-electron chi connectivity index (χ3n) is 5.19. The highest BCUT2D eigenvalue weighted by molar-refractivity contribution is 5.98. The lowest BCUT2D eigenvalue weighted by molar-refractivity contribution is -0.124. The zero-order valence-electron chi connectivity index (χ0n) is 18.7. The van der Waals surface area contributed by atoms with Gasteiger partial charge in [-0.1, -0.05) is 32.0 Å². The second kappa shape index (κ2) is 9.64. The van der Waals surface area contributed by atoms with E-state index in [1.54, 1.807) is 13.2 Å².